The van der Waals surface area contributed by atoms with E-state index in [1.54, 1.807) is 0 Å². The van der Waals surface area contributed by atoms with Crippen molar-refractivity contribution in [1.82, 2.24) is 0 Å². The number of rotatable bonds is 3. The van der Waals surface area contributed by atoms with Crippen molar-refractivity contribution in [2.75, 3.05) is 0 Å². The number of azide groups is 2. The number of hydrogen-bond donors (Lipinski definition) is 0. The molecule has 60 valence electrons. The Morgan fingerprint density at radius 2 is 2.00 bits per heavy atom. The van der Waals surface area contributed by atoms with E-state index in [2.05, 4.69) is 31.7 Å². The fourth-order valence-corrected chi connectivity index (χ4v) is 8.17. The van der Waals surface area contributed by atoms with Crippen LogP contribution in [0.25, 0.3) is 20.9 Å². The molecule has 2 atom stereocenters. The second-order valence-electron chi connectivity index (χ2n) is 3.49. The molecule has 0 aliphatic heterocycles. The summed E-state index contributed by atoms with van der Waals surface area (Å²) in [4.78, 5) is 5.54. The summed E-state index contributed by atoms with van der Waals surface area (Å²) < 4.78 is 4.12. The Hall–Kier alpha value is -0.445. The van der Waals surface area contributed by atoms with E-state index in [1.807, 2.05) is 0 Å². The van der Waals surface area contributed by atoms with Crippen LogP contribution in [0.3, 0.4) is 0 Å². The van der Waals surface area contributed by atoms with Gasteiger partial charge in [0.25, 0.3) is 0 Å². The Bertz CT molecular complexity index is 274. The monoisotopic (exact) mass is 354 g/mol. The molecule has 0 aromatic carbocycles. The van der Waals surface area contributed by atoms with E-state index in [1.165, 1.54) is 0 Å². The first kappa shape index (κ1) is 9.64. The molecule has 1 saturated carbocycles. The number of hydrogen-bond acceptors (Lipinski definition) is 2. The Labute approximate surface area is 82.4 Å². The predicted molar refractivity (Wildman–Crippen MR) is 39.6 cm³/mol. The van der Waals surface area contributed by atoms with Crippen molar-refractivity contribution in [3.63, 3.8) is 0 Å². The third-order valence-corrected chi connectivity index (χ3v) is 11.0. The molecule has 0 aromatic heterocycles. The van der Waals surface area contributed by atoms with E-state index in [4.69, 9.17) is 11.1 Å². The summed E-state index contributed by atoms with van der Waals surface area (Å²) in [5, 5.41) is 3.68. The van der Waals surface area contributed by atoms with Crippen LogP contribution >= 0.6 is 0 Å². The van der Waals surface area contributed by atoms with Crippen LogP contribution in [0.4, 0.5) is 0 Å². The van der Waals surface area contributed by atoms with E-state index in [-0.39, 0.29) is 11.5 Å². The van der Waals surface area contributed by atoms with Gasteiger partial charge < -0.3 is 0 Å². The van der Waals surface area contributed by atoms with Crippen LogP contribution in [0.5, 0.6) is 0 Å². The van der Waals surface area contributed by atoms with Crippen LogP contribution in [0, 0.1) is 5.41 Å². The van der Waals surface area contributed by atoms with E-state index >= 15 is 0 Å². The van der Waals surface area contributed by atoms with Crippen LogP contribution in [-0.2, 0) is 24.9 Å². The molecule has 0 spiro atoms. The third kappa shape index (κ3) is 1.66. The standard InChI is InChI=1S/C5H8N3.Hg.N3/c1-5(2)3-4(5)7-8-6;;1-3-2/h3-4H,1-2H3;;/q;+1;-1/t4-;;/m0../s1. The van der Waals surface area contributed by atoms with E-state index in [9.17, 15) is 0 Å². The summed E-state index contributed by atoms with van der Waals surface area (Å²) >= 11 is -1.49. The molecule has 1 aliphatic rings. The van der Waals surface area contributed by atoms with Gasteiger partial charge in [-0.05, 0) is 0 Å². The van der Waals surface area contributed by atoms with E-state index < -0.39 is 24.9 Å². The SMILES string of the molecule is CC1(C)[C@H]([Hg][N]=[N+]=[N-])[C@@H]1N=[N+]=[N-]. The van der Waals surface area contributed by atoms with Crippen LogP contribution in [-0.4, -0.2) is 6.04 Å². The van der Waals surface area contributed by atoms with Gasteiger partial charge in [-0.3, -0.25) is 0 Å². The van der Waals surface area contributed by atoms with Crippen molar-refractivity contribution >= 4 is 0 Å². The maximum atomic E-state index is 8.23. The molecule has 0 bridgehead atoms. The fraction of sp³-hybridized carbons (Fsp3) is 1.00. The quantitative estimate of drug-likeness (QED) is 0.323. The molecular formula is C5H8HgN6. The van der Waals surface area contributed by atoms with Gasteiger partial charge in [-0.25, -0.2) is 0 Å². The summed E-state index contributed by atoms with van der Waals surface area (Å²) in [5.41, 5.74) is 16.5. The Morgan fingerprint density at radius 1 is 1.33 bits per heavy atom. The first-order valence-electron chi connectivity index (χ1n) is 3.69. The van der Waals surface area contributed by atoms with Crippen molar-refractivity contribution in [3.8, 4) is 0 Å². The summed E-state index contributed by atoms with van der Waals surface area (Å²) in [7, 11) is 0. The summed E-state index contributed by atoms with van der Waals surface area (Å²) in [5.74, 6) is 0. The van der Waals surface area contributed by atoms with Crippen molar-refractivity contribution < 1.29 is 24.9 Å². The molecule has 0 radical (unpaired) electrons. The Balaban J connectivity index is 2.59. The van der Waals surface area contributed by atoms with Crippen LogP contribution in [0.15, 0.2) is 7.99 Å². The van der Waals surface area contributed by atoms with Crippen molar-refractivity contribution in [1.29, 1.82) is 0 Å². The summed E-state index contributed by atoms with van der Waals surface area (Å²) in [6, 6.07) is 0.0923. The van der Waals surface area contributed by atoms with Crippen molar-refractivity contribution in [2.45, 2.75) is 23.3 Å². The van der Waals surface area contributed by atoms with Gasteiger partial charge in [-0.15, -0.1) is 0 Å². The van der Waals surface area contributed by atoms with Crippen LogP contribution in [0.1, 0.15) is 13.8 Å². The topological polar surface area (TPSA) is 97.5 Å². The van der Waals surface area contributed by atoms with Gasteiger partial charge in [0.2, 0.25) is 0 Å². The van der Waals surface area contributed by atoms with E-state index in [0.29, 0.717) is 3.43 Å². The van der Waals surface area contributed by atoms with Crippen LogP contribution < -0.4 is 0 Å². The van der Waals surface area contributed by atoms with Gasteiger partial charge in [0.15, 0.2) is 0 Å². The van der Waals surface area contributed by atoms with E-state index in [0.717, 1.165) is 0 Å². The zero-order valence-electron chi connectivity index (χ0n) is 7.05. The van der Waals surface area contributed by atoms with Gasteiger partial charge in [0.05, 0.1) is 0 Å². The fourth-order valence-electron chi connectivity index (χ4n) is 1.46. The zero-order chi connectivity index (χ0) is 9.19. The molecular weight excluding hydrogens is 345 g/mol. The average Bonchev–Trinajstić information content (AvgIpc) is 2.51. The molecule has 0 amide bonds. The zero-order valence-corrected chi connectivity index (χ0v) is 12.5. The average molecular weight is 353 g/mol. The van der Waals surface area contributed by atoms with Gasteiger partial charge in [0, 0.05) is 0 Å². The van der Waals surface area contributed by atoms with Gasteiger partial charge in [-0.2, -0.15) is 0 Å². The third-order valence-electron chi connectivity index (χ3n) is 2.51. The Kier molecular flexibility index (Phi) is 2.83. The van der Waals surface area contributed by atoms with Gasteiger partial charge in [0.1, 0.15) is 0 Å². The molecule has 0 aromatic rings. The first-order valence-corrected chi connectivity index (χ1v) is 9.33. The summed E-state index contributed by atoms with van der Waals surface area (Å²) in [6.07, 6.45) is 0. The molecule has 1 aliphatic carbocycles. The second-order valence-corrected chi connectivity index (χ2v) is 9.43. The second kappa shape index (κ2) is 3.52. The minimum atomic E-state index is -1.49. The first-order chi connectivity index (χ1) is 5.64. The Morgan fingerprint density at radius 3 is 2.50 bits per heavy atom. The van der Waals surface area contributed by atoms with Crippen LogP contribution in [0.2, 0.25) is 3.43 Å². The van der Waals surface area contributed by atoms with Crippen molar-refractivity contribution in [2.24, 2.45) is 13.4 Å². The minimum absolute atomic E-state index is 0.0923. The predicted octanol–water partition coefficient (Wildman–Crippen LogP) is 2.80. The molecule has 0 saturated heterocycles. The van der Waals surface area contributed by atoms with Gasteiger partial charge >= 0.3 is 82.5 Å². The molecule has 1 rings (SSSR count). The molecule has 6 nitrogen and oxygen atoms in total. The molecule has 7 heteroatoms. The molecule has 0 heterocycles. The molecule has 0 unspecified atom stereocenters. The number of nitrogens with zero attached hydrogens (tertiary/aromatic N) is 6. The normalized spacial score (nSPS) is 29.2. The van der Waals surface area contributed by atoms with Gasteiger partial charge in [-0.1, -0.05) is 0 Å². The summed E-state index contributed by atoms with van der Waals surface area (Å²) in [6.45, 7) is 4.12. The molecule has 1 fully saturated rings. The molecule has 0 N–H and O–H groups in total. The molecule has 12 heavy (non-hydrogen) atoms. The maximum absolute atomic E-state index is 8.23. The van der Waals surface area contributed by atoms with Crippen molar-refractivity contribution in [3.05, 3.63) is 20.9 Å².